The quantitative estimate of drug-likeness (QED) is 0.0123. The predicted octanol–water partition coefficient (Wildman–Crippen LogP) is 9.90. The average Bonchev–Trinajstić information content (AvgIpc) is 0.819. The van der Waals surface area contributed by atoms with Crippen LogP contribution in [0.4, 0.5) is 17.3 Å². The maximum atomic E-state index is 12.1. The normalized spacial score (nSPS) is 14.3. The summed E-state index contributed by atoms with van der Waals surface area (Å²) in [4.78, 5) is 107. The summed E-state index contributed by atoms with van der Waals surface area (Å²) in [6.45, 7) is 28.5. The van der Waals surface area contributed by atoms with E-state index in [1.54, 1.807) is 90.9 Å². The zero-order valence-electron chi connectivity index (χ0n) is 59.8. The molecule has 0 saturated carbocycles. The Balaban J connectivity index is 0.00000115. The molecule has 0 spiro atoms. The Bertz CT molecular complexity index is 3360. The summed E-state index contributed by atoms with van der Waals surface area (Å²) in [5.74, 6) is -0.556. The van der Waals surface area contributed by atoms with E-state index in [2.05, 4.69) is 94.3 Å². The van der Waals surface area contributed by atoms with Crippen molar-refractivity contribution >= 4 is 116 Å². The topological polar surface area (TPSA) is 388 Å². The number of alkyl halides is 2. The number of rotatable bonds is 17. The molecule has 0 aliphatic carbocycles. The molecule has 0 bridgehead atoms. The van der Waals surface area contributed by atoms with Crippen LogP contribution >= 0.6 is 63.7 Å². The van der Waals surface area contributed by atoms with Crippen LogP contribution in [0.1, 0.15) is 110 Å². The predicted molar refractivity (Wildman–Crippen MR) is 406 cm³/mol. The largest absolute Gasteiger partial charge is 0.395 e. The summed E-state index contributed by atoms with van der Waals surface area (Å²) in [5.41, 5.74) is 6.86. The monoisotopic (exact) mass is 1680 g/mol. The van der Waals surface area contributed by atoms with Crippen LogP contribution in [0.15, 0.2) is 151 Å². The van der Waals surface area contributed by atoms with Crippen LogP contribution in [0.2, 0.25) is 0 Å². The first kappa shape index (κ1) is 94.7. The van der Waals surface area contributed by atoms with E-state index in [-0.39, 0.29) is 59.8 Å². The van der Waals surface area contributed by atoms with Gasteiger partial charge >= 0.3 is 11.6 Å². The number of nitro groups is 2. The van der Waals surface area contributed by atoms with Crippen molar-refractivity contribution in [2.24, 2.45) is 5.73 Å². The number of nitrogens with one attached hydrogen (secondary N) is 2. The van der Waals surface area contributed by atoms with Gasteiger partial charge in [-0.1, -0.05) is 119 Å². The lowest BCUT2D eigenvalue weighted by Gasteiger charge is -2.37. The van der Waals surface area contributed by atoms with Crippen molar-refractivity contribution in [1.82, 2.24) is 40.4 Å². The highest BCUT2D eigenvalue weighted by Gasteiger charge is 2.39. The minimum absolute atomic E-state index is 0.0197. The molecule has 0 radical (unpaired) electrons. The van der Waals surface area contributed by atoms with E-state index in [0.717, 1.165) is 39.8 Å². The lowest BCUT2D eigenvalue weighted by atomic mass is 10.1. The van der Waals surface area contributed by atoms with Gasteiger partial charge in [0.2, 0.25) is 10.6 Å². The van der Waals surface area contributed by atoms with E-state index in [0.29, 0.717) is 77.9 Å². The van der Waals surface area contributed by atoms with Gasteiger partial charge in [-0.25, -0.2) is 0 Å². The second kappa shape index (κ2) is 50.9. The molecule has 28 nitrogen and oxygen atoms in total. The molecule has 6 aromatic rings. The second-order valence-electron chi connectivity index (χ2n) is 23.5. The molecule has 32 heteroatoms. The SMILES string of the molecule is CC.CC(C)(Br)C(=O)Br.CC(C)(Br)C(=O)N(CCO)Cc1ccccn1.CC1(C)OCCN(Cc2ccccc2)C1=O.CC1(C)OCCN(c2ccc([N+](=O)[O-])nc2)C1=O.CC1(C)OCCNC1=O.NCCO.O=Cc1ccccc1.O=[N+]([O-])c1ccc(Br)cn1.OCCNCc1ccccn1. The number of aromatic nitrogens is 4. The number of anilines is 1. The summed E-state index contributed by atoms with van der Waals surface area (Å²) in [6, 6.07) is 36.2. The summed E-state index contributed by atoms with van der Waals surface area (Å²) in [5, 5.41) is 51.5. The third kappa shape index (κ3) is 39.9. The van der Waals surface area contributed by atoms with E-state index in [9.17, 15) is 49.0 Å². The Hall–Kier alpha value is -7.34. The van der Waals surface area contributed by atoms with Crippen molar-refractivity contribution in [3.63, 3.8) is 0 Å². The maximum Gasteiger partial charge on any atom is 0.363 e. The fourth-order valence-electron chi connectivity index (χ4n) is 7.67. The lowest BCUT2D eigenvalue weighted by molar-refractivity contribution is -0.389. The van der Waals surface area contributed by atoms with Crippen LogP contribution < -0.4 is 21.3 Å². The van der Waals surface area contributed by atoms with E-state index < -0.39 is 35.3 Å². The van der Waals surface area contributed by atoms with Gasteiger partial charge in [-0.2, -0.15) is 0 Å². The summed E-state index contributed by atoms with van der Waals surface area (Å²) in [6.07, 6.45) is 7.00. The summed E-state index contributed by atoms with van der Waals surface area (Å²) < 4.78 is 15.7. The summed E-state index contributed by atoms with van der Waals surface area (Å²) in [7, 11) is 0. The smallest absolute Gasteiger partial charge is 0.363 e. The minimum Gasteiger partial charge on any atom is -0.395 e. The van der Waals surface area contributed by atoms with Crippen LogP contribution in [0.5, 0.6) is 0 Å². The lowest BCUT2D eigenvalue weighted by Crippen LogP contribution is -2.53. The number of hydrogen-bond donors (Lipinski definition) is 6. The first-order valence-corrected chi connectivity index (χ1v) is 35.3. The number of nitrogens with zero attached hydrogens (tertiary/aromatic N) is 9. The number of carbonyl (C=O) groups excluding carboxylic acids is 6. The Labute approximate surface area is 631 Å². The molecular formula is C70H98Br4N12O16. The van der Waals surface area contributed by atoms with Gasteiger partial charge in [0.15, 0.2) is 12.4 Å². The van der Waals surface area contributed by atoms with Crippen molar-refractivity contribution in [2.45, 2.75) is 128 Å². The molecule has 3 fully saturated rings. The third-order valence-corrected chi connectivity index (χ3v) is 15.7. The maximum absolute atomic E-state index is 12.1. The number of hydrogen-bond acceptors (Lipinski definition) is 22. The second-order valence-corrected chi connectivity index (χ2v) is 29.1. The Morgan fingerprint density at radius 2 is 1.17 bits per heavy atom. The number of ether oxygens (including phenoxy) is 3. The van der Waals surface area contributed by atoms with Crippen molar-refractivity contribution in [3.05, 3.63) is 193 Å². The molecule has 102 heavy (non-hydrogen) atoms. The average molecular weight is 1680 g/mol. The Kier molecular flexibility index (Phi) is 47.3. The van der Waals surface area contributed by atoms with E-state index in [1.807, 2.05) is 118 Å². The number of nitrogens with two attached hydrogens (primary N) is 1. The van der Waals surface area contributed by atoms with Crippen molar-refractivity contribution in [2.75, 3.05) is 83.8 Å². The Morgan fingerprint density at radius 3 is 1.57 bits per heavy atom. The molecule has 3 aliphatic rings. The van der Waals surface area contributed by atoms with Gasteiger partial charge in [0.25, 0.3) is 17.7 Å². The van der Waals surface area contributed by atoms with Gasteiger partial charge in [0.1, 0.15) is 23.1 Å². The van der Waals surface area contributed by atoms with Crippen LogP contribution in [0.25, 0.3) is 0 Å². The molecule has 2 aromatic carbocycles. The zero-order valence-corrected chi connectivity index (χ0v) is 66.1. The minimum atomic E-state index is -0.875. The first-order chi connectivity index (χ1) is 48.0. The molecular weight excluding hydrogens is 1580 g/mol. The van der Waals surface area contributed by atoms with E-state index >= 15 is 0 Å². The van der Waals surface area contributed by atoms with Crippen LogP contribution in [0, 0.1) is 20.2 Å². The number of amides is 4. The first-order valence-electron chi connectivity index (χ1n) is 32.1. The van der Waals surface area contributed by atoms with Crippen molar-refractivity contribution in [3.8, 4) is 0 Å². The number of aliphatic hydroxyl groups excluding tert-OH is 3. The molecule has 7 heterocycles. The van der Waals surface area contributed by atoms with Crippen molar-refractivity contribution < 1.29 is 68.1 Å². The Morgan fingerprint density at radius 1 is 0.676 bits per heavy atom. The van der Waals surface area contributed by atoms with Gasteiger partial charge in [-0.15, -0.1) is 0 Å². The number of aliphatic hydroxyl groups is 3. The van der Waals surface area contributed by atoms with Gasteiger partial charge in [-0.05, 0) is 163 Å². The molecule has 0 atom stereocenters. The van der Waals surface area contributed by atoms with Gasteiger partial charge in [0.05, 0.1) is 76.4 Å². The molecule has 4 aromatic heterocycles. The van der Waals surface area contributed by atoms with Gasteiger partial charge < -0.3 is 80.8 Å². The highest BCUT2D eigenvalue weighted by atomic mass is 79.9. The molecule has 3 aliphatic heterocycles. The third-order valence-electron chi connectivity index (χ3n) is 13.0. The molecule has 7 N–H and O–H groups in total. The fourth-order valence-corrected chi connectivity index (χ4v) is 8.16. The highest BCUT2D eigenvalue weighted by molar-refractivity contribution is 9.20. The fraction of sp³-hybridized carbons (Fsp3) is 0.457. The zero-order chi connectivity index (χ0) is 77.5. The number of carbonyl (C=O) groups is 6. The summed E-state index contributed by atoms with van der Waals surface area (Å²) >= 11 is 12.4. The molecule has 4 amide bonds. The van der Waals surface area contributed by atoms with Crippen LogP contribution in [-0.2, 0) is 57.8 Å². The van der Waals surface area contributed by atoms with Gasteiger partial charge in [-0.3, -0.25) is 38.7 Å². The molecule has 9 rings (SSSR count). The number of halogens is 4. The molecule has 0 unspecified atom stereocenters. The van der Waals surface area contributed by atoms with Crippen molar-refractivity contribution in [1.29, 1.82) is 0 Å². The number of morpholine rings is 3. The standard InChI is InChI=1S/C13H17NO2.C12H17BrN2O2.C11H13N3O4.C8H12N2O.C7H6O.C6H11NO2.C5H3BrN2O2.C4H6Br2O.C2H7NO.C2H6/c1-13(2)12(15)14(8-9-16-13)10-11-6-4-3-5-7-11;1-12(2,13)11(17)15(7-8-16)9-10-5-3-4-6-14-10;1-11(2)10(15)13(5-6-18-11)8-3-4-9(12-7-8)14(16)17;11-6-5-9-7-8-3-1-2-4-10-8;8-6-7-4-2-1-3-5-7;1-6(2)5(8)7-3-4-9-6;6-4-1-2-5(7-3-4)8(9)10;1-4(2,6)3(5)7;3-1-2-4;1-2/h3-7H,8-10H2,1-2H3;3-6,16H,7-9H2,1-2H3;3-4,7H,5-6H2,1-2H3;1-4,9,11H,5-7H2;1-6H;3-4H2,1-2H3,(H,7,8);1-3H;1-2H3;4H,1-3H2;1-2H3. The number of benzene rings is 2. The molecule has 3 saturated heterocycles. The number of aldehydes is 1. The van der Waals surface area contributed by atoms with E-state index in [4.69, 9.17) is 35.3 Å². The van der Waals surface area contributed by atoms with E-state index in [1.165, 1.54) is 35.5 Å². The van der Waals surface area contributed by atoms with Crippen LogP contribution in [0.3, 0.4) is 0 Å². The molecule has 562 valence electrons. The van der Waals surface area contributed by atoms with Gasteiger partial charge in [0, 0.05) is 82.4 Å². The highest BCUT2D eigenvalue weighted by Crippen LogP contribution is 2.26. The van der Waals surface area contributed by atoms with Crippen LogP contribution in [-0.4, -0.2) is 194 Å². The number of pyridine rings is 4.